The molecule has 0 amide bonds. The van der Waals surface area contributed by atoms with Gasteiger partial charge in [-0.3, -0.25) is 0 Å². The number of hydrogen-bond acceptors (Lipinski definition) is 7. The lowest BCUT2D eigenvalue weighted by Gasteiger charge is -2.11. The lowest BCUT2D eigenvalue weighted by atomic mass is 10.0. The Morgan fingerprint density at radius 3 is 2.57 bits per heavy atom. The van der Waals surface area contributed by atoms with Gasteiger partial charge in [-0.15, -0.1) is 5.10 Å². The van der Waals surface area contributed by atoms with Crippen molar-refractivity contribution >= 4 is 23.0 Å². The molecule has 3 rings (SSSR count). The highest BCUT2D eigenvalue weighted by molar-refractivity contribution is 6.25. The first kappa shape index (κ1) is 25.8. The zero-order valence-electron chi connectivity index (χ0n) is 20.4. The maximum atomic E-state index is 12.6. The summed E-state index contributed by atoms with van der Waals surface area (Å²) in [7, 11) is 3.04. The summed E-state index contributed by atoms with van der Waals surface area (Å²) in [5.74, 6) is 0. The van der Waals surface area contributed by atoms with E-state index in [-0.39, 0.29) is 18.3 Å². The van der Waals surface area contributed by atoms with Crippen molar-refractivity contribution < 1.29 is 14.4 Å². The van der Waals surface area contributed by atoms with E-state index in [0.717, 1.165) is 28.0 Å². The molecule has 0 aliphatic carbocycles. The van der Waals surface area contributed by atoms with Crippen LogP contribution in [0.4, 0.5) is 0 Å². The summed E-state index contributed by atoms with van der Waals surface area (Å²) in [4.78, 5) is 23.4. The molecule has 9 nitrogen and oxygen atoms in total. The maximum absolute atomic E-state index is 12.6. The number of oxime groups is 2. The normalized spacial score (nSPS) is 12.3. The van der Waals surface area contributed by atoms with Crippen LogP contribution in [0.1, 0.15) is 36.1 Å². The first-order valence-corrected chi connectivity index (χ1v) is 11.3. The van der Waals surface area contributed by atoms with E-state index in [1.165, 1.54) is 21.9 Å². The Kier molecular flexibility index (Phi) is 8.86. The van der Waals surface area contributed by atoms with Gasteiger partial charge in [0.1, 0.15) is 13.2 Å². The predicted octanol–water partition coefficient (Wildman–Crippen LogP) is 4.32. The van der Waals surface area contributed by atoms with Crippen LogP contribution in [0.2, 0.25) is 0 Å². The zero-order valence-corrected chi connectivity index (χ0v) is 21.1. The Morgan fingerprint density at radius 1 is 1.11 bits per heavy atom. The van der Waals surface area contributed by atoms with E-state index in [1.54, 1.807) is 13.1 Å². The second-order valence-electron chi connectivity index (χ2n) is 7.67. The Balaban J connectivity index is 1.75. The summed E-state index contributed by atoms with van der Waals surface area (Å²) in [6, 6.07) is 13.5. The fourth-order valence-electron chi connectivity index (χ4n) is 3.44. The van der Waals surface area contributed by atoms with Crippen LogP contribution in [0.5, 0.6) is 6.01 Å². The number of ether oxygens (including phenoxy) is 1. The molecule has 3 aromatic rings. The minimum absolute atomic E-state index is 0.162. The van der Waals surface area contributed by atoms with E-state index in [4.69, 9.17) is 26.0 Å². The molecule has 10 heteroatoms. The molecule has 0 aliphatic heterocycles. The molecule has 1 heterocycles. The maximum Gasteiger partial charge on any atom is 0.353 e. The third-order valence-corrected chi connectivity index (χ3v) is 5.41. The topological polar surface area (TPSA) is 92.2 Å². The summed E-state index contributed by atoms with van der Waals surface area (Å²) in [5, 5.41) is 12.5. The van der Waals surface area contributed by atoms with E-state index >= 15 is 0 Å². The molecule has 184 valence electrons. The van der Waals surface area contributed by atoms with Gasteiger partial charge in [0, 0.05) is 23.7 Å². The zero-order chi connectivity index (χ0) is 25.4. The predicted molar refractivity (Wildman–Crippen MR) is 137 cm³/mol. The standard InChI is InChI=1S/C25H28ClN5O4/c1-17-15-20(11-12-22(17)19(3)29-34-14-8-13-26)18(2)28-35-16-21-9-6-7-10-23(21)31-24(33-5)27-30(4)25(31)32/h6-13,15H,14,16H2,1-5H3/b13-8+,28-18+,29-19+. The summed E-state index contributed by atoms with van der Waals surface area (Å²) in [6.45, 7) is 6.23. The molecule has 0 atom stereocenters. The first-order chi connectivity index (χ1) is 16.9. The second-order valence-corrected chi connectivity index (χ2v) is 7.92. The third kappa shape index (κ3) is 6.19. The SMILES string of the molecule is COc1nn(C)c(=O)n1-c1ccccc1CO/N=C(\C)c1ccc(/C(C)=N/OC/C=C/Cl)c(C)c1. The van der Waals surface area contributed by atoms with Gasteiger partial charge < -0.3 is 14.4 Å². The Labute approximate surface area is 208 Å². The Bertz CT molecular complexity index is 1320. The summed E-state index contributed by atoms with van der Waals surface area (Å²) < 4.78 is 7.89. The molecule has 0 spiro atoms. The average Bonchev–Trinajstić information content (AvgIpc) is 3.15. The summed E-state index contributed by atoms with van der Waals surface area (Å²) in [5.41, 5.74) is 6.86. The van der Waals surface area contributed by atoms with Crippen LogP contribution in [0.3, 0.4) is 0 Å². The number of benzene rings is 2. The van der Waals surface area contributed by atoms with Crippen molar-refractivity contribution in [1.29, 1.82) is 0 Å². The van der Waals surface area contributed by atoms with Gasteiger partial charge in [0.25, 0.3) is 0 Å². The quantitative estimate of drug-likeness (QED) is 0.236. The number of nitrogens with zero attached hydrogens (tertiary/aromatic N) is 5. The van der Waals surface area contributed by atoms with Crippen LogP contribution in [0.25, 0.3) is 5.69 Å². The molecule has 2 aromatic carbocycles. The van der Waals surface area contributed by atoms with Crippen molar-refractivity contribution in [2.75, 3.05) is 13.7 Å². The highest BCUT2D eigenvalue weighted by atomic mass is 35.5. The van der Waals surface area contributed by atoms with Crippen LogP contribution in [0.15, 0.2) is 69.2 Å². The lowest BCUT2D eigenvalue weighted by Crippen LogP contribution is -2.22. The van der Waals surface area contributed by atoms with E-state index in [2.05, 4.69) is 15.4 Å². The van der Waals surface area contributed by atoms with Gasteiger partial charge in [-0.05, 0) is 50.1 Å². The molecule has 0 saturated heterocycles. The van der Waals surface area contributed by atoms with Crippen LogP contribution in [-0.2, 0) is 23.3 Å². The minimum Gasteiger partial charge on any atom is -0.467 e. The van der Waals surface area contributed by atoms with Gasteiger partial charge in [-0.25, -0.2) is 14.0 Å². The van der Waals surface area contributed by atoms with Crippen molar-refractivity contribution in [3.63, 3.8) is 0 Å². The van der Waals surface area contributed by atoms with Crippen LogP contribution in [-0.4, -0.2) is 39.5 Å². The molecule has 1 aromatic heterocycles. The molecular weight excluding hydrogens is 470 g/mol. The number of para-hydroxylation sites is 1. The van der Waals surface area contributed by atoms with Gasteiger partial charge in [-0.2, -0.15) is 0 Å². The molecule has 0 N–H and O–H groups in total. The fourth-order valence-corrected chi connectivity index (χ4v) is 3.51. The first-order valence-electron chi connectivity index (χ1n) is 10.9. The molecule has 35 heavy (non-hydrogen) atoms. The average molecular weight is 498 g/mol. The Hall–Kier alpha value is -3.85. The molecule has 0 bridgehead atoms. The monoisotopic (exact) mass is 497 g/mol. The minimum atomic E-state index is -0.315. The number of hydrogen-bond donors (Lipinski definition) is 0. The number of methoxy groups -OCH3 is 1. The van der Waals surface area contributed by atoms with Gasteiger partial charge in [0.05, 0.1) is 24.2 Å². The molecule has 0 saturated carbocycles. The number of rotatable bonds is 10. The van der Waals surface area contributed by atoms with Crippen molar-refractivity contribution in [2.24, 2.45) is 17.4 Å². The molecule has 0 aliphatic rings. The highest BCUT2D eigenvalue weighted by Crippen LogP contribution is 2.19. The van der Waals surface area contributed by atoms with Gasteiger partial charge in [0.2, 0.25) is 0 Å². The lowest BCUT2D eigenvalue weighted by molar-refractivity contribution is 0.130. The molecular formula is C25H28ClN5O4. The van der Waals surface area contributed by atoms with E-state index < -0.39 is 0 Å². The van der Waals surface area contributed by atoms with Crippen molar-refractivity contribution in [3.05, 3.63) is 86.8 Å². The smallest absolute Gasteiger partial charge is 0.353 e. The molecule has 0 radical (unpaired) electrons. The summed E-state index contributed by atoms with van der Waals surface area (Å²) in [6.07, 6.45) is 1.66. The van der Waals surface area contributed by atoms with E-state index in [9.17, 15) is 4.79 Å². The van der Waals surface area contributed by atoms with Crippen LogP contribution >= 0.6 is 11.6 Å². The molecule has 0 unspecified atom stereocenters. The van der Waals surface area contributed by atoms with E-state index in [1.807, 2.05) is 63.2 Å². The van der Waals surface area contributed by atoms with Crippen molar-refractivity contribution in [2.45, 2.75) is 27.4 Å². The number of halogens is 1. The van der Waals surface area contributed by atoms with Crippen LogP contribution < -0.4 is 10.4 Å². The number of aryl methyl sites for hydroxylation is 2. The van der Waals surface area contributed by atoms with Crippen molar-refractivity contribution in [3.8, 4) is 11.7 Å². The number of aromatic nitrogens is 3. The van der Waals surface area contributed by atoms with Crippen LogP contribution in [0, 0.1) is 6.92 Å². The van der Waals surface area contributed by atoms with Crippen molar-refractivity contribution in [1.82, 2.24) is 14.3 Å². The Morgan fingerprint density at radius 2 is 1.86 bits per heavy atom. The van der Waals surface area contributed by atoms with Gasteiger partial charge >= 0.3 is 11.7 Å². The molecule has 0 fully saturated rings. The van der Waals surface area contributed by atoms with Gasteiger partial charge in [0.15, 0.2) is 0 Å². The fraction of sp³-hybridized carbons (Fsp3) is 0.280. The second kappa shape index (κ2) is 12.0. The highest BCUT2D eigenvalue weighted by Gasteiger charge is 2.16. The van der Waals surface area contributed by atoms with E-state index in [0.29, 0.717) is 18.0 Å². The third-order valence-electron chi connectivity index (χ3n) is 5.23. The largest absolute Gasteiger partial charge is 0.467 e. The van der Waals surface area contributed by atoms with Gasteiger partial charge in [-0.1, -0.05) is 52.2 Å². The summed E-state index contributed by atoms with van der Waals surface area (Å²) >= 11 is 5.48.